The van der Waals surface area contributed by atoms with Crippen molar-refractivity contribution in [2.45, 2.75) is 31.8 Å². The predicted octanol–water partition coefficient (Wildman–Crippen LogP) is 2.83. The summed E-state index contributed by atoms with van der Waals surface area (Å²) in [6, 6.07) is 6.97. The maximum atomic E-state index is 5.72. The van der Waals surface area contributed by atoms with Crippen LogP contribution in [0.5, 0.6) is 11.5 Å². The number of nitrogens with one attached hydrogen (secondary N) is 1. The topological polar surface area (TPSA) is 30.5 Å². The molecule has 3 nitrogen and oxygen atoms in total. The Morgan fingerprint density at radius 3 is 2.74 bits per heavy atom. The normalized spacial score (nSPS) is 20.0. The van der Waals surface area contributed by atoms with Crippen molar-refractivity contribution in [3.63, 3.8) is 0 Å². The van der Waals surface area contributed by atoms with E-state index in [0.717, 1.165) is 37.7 Å². The fraction of sp³-hybridized carbons (Fsp3) is 0.600. The summed E-state index contributed by atoms with van der Waals surface area (Å²) >= 11 is 2.06. The van der Waals surface area contributed by atoms with E-state index in [-0.39, 0.29) is 0 Å². The van der Waals surface area contributed by atoms with Crippen molar-refractivity contribution in [2.24, 2.45) is 0 Å². The number of hydrogen-bond donors (Lipinski definition) is 1. The van der Waals surface area contributed by atoms with Crippen LogP contribution in [0.15, 0.2) is 18.2 Å². The van der Waals surface area contributed by atoms with Crippen molar-refractivity contribution in [1.82, 2.24) is 5.32 Å². The van der Waals surface area contributed by atoms with Gasteiger partial charge in [-0.25, -0.2) is 0 Å². The van der Waals surface area contributed by atoms with E-state index in [1.807, 2.05) is 6.07 Å². The summed E-state index contributed by atoms with van der Waals surface area (Å²) in [4.78, 5) is 0. The standard InChI is InChI=1S/C15H21NO2S/c1-6-17-14-3-2-12(10-15(14)18-7-1)11-16-13-4-8-19-9-5-13/h2-3,10,13,16H,1,4-9,11H2. The van der Waals surface area contributed by atoms with E-state index in [4.69, 9.17) is 9.47 Å². The van der Waals surface area contributed by atoms with Gasteiger partial charge in [-0.2, -0.15) is 11.8 Å². The molecule has 4 heteroatoms. The van der Waals surface area contributed by atoms with E-state index >= 15 is 0 Å². The maximum absolute atomic E-state index is 5.72. The number of benzene rings is 1. The van der Waals surface area contributed by atoms with Crippen LogP contribution in [0.2, 0.25) is 0 Å². The van der Waals surface area contributed by atoms with Crippen molar-refractivity contribution >= 4 is 11.8 Å². The van der Waals surface area contributed by atoms with Gasteiger partial charge in [0.15, 0.2) is 11.5 Å². The Morgan fingerprint density at radius 1 is 1.11 bits per heavy atom. The van der Waals surface area contributed by atoms with Gasteiger partial charge in [0, 0.05) is 19.0 Å². The molecule has 0 amide bonds. The highest BCUT2D eigenvalue weighted by Crippen LogP contribution is 2.30. The van der Waals surface area contributed by atoms with E-state index in [1.165, 1.54) is 29.9 Å². The molecule has 1 N–H and O–H groups in total. The van der Waals surface area contributed by atoms with Crippen LogP contribution in [0.1, 0.15) is 24.8 Å². The third kappa shape index (κ3) is 3.57. The first-order valence-electron chi connectivity index (χ1n) is 7.11. The largest absolute Gasteiger partial charge is 0.490 e. The Kier molecular flexibility index (Phi) is 4.51. The summed E-state index contributed by atoms with van der Waals surface area (Å²) in [5, 5.41) is 3.65. The van der Waals surface area contributed by atoms with Gasteiger partial charge in [0.1, 0.15) is 0 Å². The lowest BCUT2D eigenvalue weighted by Gasteiger charge is -2.22. The van der Waals surface area contributed by atoms with Crippen molar-refractivity contribution in [3.8, 4) is 11.5 Å². The highest BCUT2D eigenvalue weighted by molar-refractivity contribution is 7.99. The number of rotatable bonds is 3. The van der Waals surface area contributed by atoms with Crippen LogP contribution >= 0.6 is 11.8 Å². The fourth-order valence-corrected chi connectivity index (χ4v) is 3.59. The first-order chi connectivity index (χ1) is 9.42. The second-order valence-electron chi connectivity index (χ2n) is 5.10. The highest BCUT2D eigenvalue weighted by atomic mass is 32.2. The average molecular weight is 279 g/mol. The van der Waals surface area contributed by atoms with E-state index in [0.29, 0.717) is 6.04 Å². The molecule has 0 aliphatic carbocycles. The molecule has 1 saturated heterocycles. The van der Waals surface area contributed by atoms with E-state index in [2.05, 4.69) is 29.2 Å². The zero-order valence-corrected chi connectivity index (χ0v) is 12.0. The van der Waals surface area contributed by atoms with Crippen LogP contribution in [0.3, 0.4) is 0 Å². The molecule has 0 radical (unpaired) electrons. The lowest BCUT2D eigenvalue weighted by atomic mass is 10.1. The molecule has 0 spiro atoms. The molecule has 1 fully saturated rings. The highest BCUT2D eigenvalue weighted by Gasteiger charge is 2.14. The van der Waals surface area contributed by atoms with Crippen LogP contribution in [-0.4, -0.2) is 30.8 Å². The molecule has 1 aromatic carbocycles. The van der Waals surface area contributed by atoms with Crippen LogP contribution in [0, 0.1) is 0 Å². The summed E-state index contributed by atoms with van der Waals surface area (Å²) in [6.07, 6.45) is 3.53. The molecule has 1 aromatic rings. The van der Waals surface area contributed by atoms with Gasteiger partial charge in [0.05, 0.1) is 13.2 Å². The number of ether oxygens (including phenoxy) is 2. The van der Waals surface area contributed by atoms with Gasteiger partial charge >= 0.3 is 0 Å². The molecule has 0 unspecified atom stereocenters. The van der Waals surface area contributed by atoms with Crippen LogP contribution in [0.4, 0.5) is 0 Å². The van der Waals surface area contributed by atoms with Crippen LogP contribution in [0.25, 0.3) is 0 Å². The smallest absolute Gasteiger partial charge is 0.161 e. The lowest BCUT2D eigenvalue weighted by Crippen LogP contribution is -2.32. The minimum absolute atomic E-state index is 0.678. The molecule has 104 valence electrons. The van der Waals surface area contributed by atoms with Crippen molar-refractivity contribution in [2.75, 3.05) is 24.7 Å². The molecule has 2 aliphatic rings. The van der Waals surface area contributed by atoms with Crippen molar-refractivity contribution in [1.29, 1.82) is 0 Å². The first-order valence-corrected chi connectivity index (χ1v) is 8.27. The lowest BCUT2D eigenvalue weighted by molar-refractivity contribution is 0.297. The van der Waals surface area contributed by atoms with Gasteiger partial charge in [-0.15, -0.1) is 0 Å². The zero-order valence-electron chi connectivity index (χ0n) is 11.2. The second-order valence-corrected chi connectivity index (χ2v) is 6.32. The van der Waals surface area contributed by atoms with Gasteiger partial charge in [-0.3, -0.25) is 0 Å². The summed E-state index contributed by atoms with van der Waals surface area (Å²) in [6.45, 7) is 2.43. The van der Waals surface area contributed by atoms with E-state index < -0.39 is 0 Å². The zero-order chi connectivity index (χ0) is 12.9. The van der Waals surface area contributed by atoms with Crippen molar-refractivity contribution < 1.29 is 9.47 Å². The first kappa shape index (κ1) is 13.1. The van der Waals surface area contributed by atoms with Gasteiger partial charge in [-0.05, 0) is 42.0 Å². The number of thioether (sulfide) groups is 1. The minimum atomic E-state index is 0.678. The minimum Gasteiger partial charge on any atom is -0.490 e. The molecule has 2 aliphatic heterocycles. The summed E-state index contributed by atoms with van der Waals surface area (Å²) < 4.78 is 11.4. The monoisotopic (exact) mass is 279 g/mol. The predicted molar refractivity (Wildman–Crippen MR) is 79.2 cm³/mol. The Balaban J connectivity index is 1.60. The average Bonchev–Trinajstić information content (AvgIpc) is 2.71. The van der Waals surface area contributed by atoms with Crippen molar-refractivity contribution in [3.05, 3.63) is 23.8 Å². The SMILES string of the molecule is c1cc2c(cc1CNC1CCSCC1)OCCCO2. The van der Waals surface area contributed by atoms with Gasteiger partial charge < -0.3 is 14.8 Å². The van der Waals surface area contributed by atoms with Crippen LogP contribution in [-0.2, 0) is 6.54 Å². The van der Waals surface area contributed by atoms with Crippen LogP contribution < -0.4 is 14.8 Å². The van der Waals surface area contributed by atoms with E-state index in [9.17, 15) is 0 Å². The molecule has 3 rings (SSSR count). The quantitative estimate of drug-likeness (QED) is 0.921. The Labute approximate surface area is 119 Å². The Bertz CT molecular complexity index is 419. The second kappa shape index (κ2) is 6.53. The van der Waals surface area contributed by atoms with E-state index in [1.54, 1.807) is 0 Å². The Hall–Kier alpha value is -0.870. The maximum Gasteiger partial charge on any atom is 0.161 e. The van der Waals surface area contributed by atoms with Gasteiger partial charge in [0.2, 0.25) is 0 Å². The Morgan fingerprint density at radius 2 is 1.89 bits per heavy atom. The van der Waals surface area contributed by atoms with Gasteiger partial charge in [0.25, 0.3) is 0 Å². The third-order valence-corrected chi connectivity index (χ3v) is 4.68. The molecule has 0 saturated carbocycles. The molecule has 0 bridgehead atoms. The summed E-state index contributed by atoms with van der Waals surface area (Å²) in [5.41, 5.74) is 1.28. The molecule has 2 heterocycles. The molecule has 0 atom stereocenters. The summed E-state index contributed by atoms with van der Waals surface area (Å²) in [5.74, 6) is 4.36. The molecular weight excluding hydrogens is 258 g/mol. The third-order valence-electron chi connectivity index (χ3n) is 3.63. The molecular formula is C15H21NO2S. The summed E-state index contributed by atoms with van der Waals surface area (Å²) in [7, 11) is 0. The molecule has 0 aromatic heterocycles. The fourth-order valence-electron chi connectivity index (χ4n) is 2.48. The number of fused-ring (bicyclic) bond motifs is 1. The number of hydrogen-bond acceptors (Lipinski definition) is 4. The van der Waals surface area contributed by atoms with Gasteiger partial charge in [-0.1, -0.05) is 6.07 Å². The molecule has 19 heavy (non-hydrogen) atoms.